The second-order valence-corrected chi connectivity index (χ2v) is 10.4. The minimum absolute atomic E-state index is 0.556. The van der Waals surface area contributed by atoms with Crippen molar-refractivity contribution in [2.45, 2.75) is 13.0 Å². The number of halogens is 3. The fourth-order valence-electron chi connectivity index (χ4n) is 2.97. The normalized spacial score (nSPS) is 9.66. The fourth-order valence-corrected chi connectivity index (χ4v) is 2.97. The molecule has 0 aliphatic carbocycles. The van der Waals surface area contributed by atoms with Gasteiger partial charge in [0.15, 0.2) is 8.83 Å². The first-order chi connectivity index (χ1) is 14.2. The van der Waals surface area contributed by atoms with Crippen LogP contribution in [0.3, 0.4) is 0 Å². The van der Waals surface area contributed by atoms with E-state index in [0.29, 0.717) is 8.83 Å². The zero-order valence-corrected chi connectivity index (χ0v) is 20.9. The second kappa shape index (κ2) is 14.0. The number of hydrogen-bond donors (Lipinski definition) is 0. The molecule has 0 unspecified atom stereocenters. The Morgan fingerprint density at radius 1 is 0.759 bits per heavy atom. The van der Waals surface area contributed by atoms with E-state index in [1.54, 1.807) is 0 Å². The van der Waals surface area contributed by atoms with E-state index in [4.69, 9.17) is 29.7 Å². The van der Waals surface area contributed by atoms with Crippen molar-refractivity contribution in [3.05, 3.63) is 97.1 Å². The van der Waals surface area contributed by atoms with Gasteiger partial charge in [0.2, 0.25) is 0 Å². The summed E-state index contributed by atoms with van der Waals surface area (Å²) in [6, 6.07) is 35.1. The Bertz CT molecular complexity index is 1020. The molecular formula is C24H21Cl3SiTi-2. The maximum atomic E-state index is 5.21. The van der Waals surface area contributed by atoms with Crippen LogP contribution in [0.4, 0.5) is 0 Å². The minimum Gasteiger partial charge on any atom is -0.168 e. The first kappa shape index (κ1) is 24.2. The summed E-state index contributed by atoms with van der Waals surface area (Å²) in [6.45, 7) is 2.06. The van der Waals surface area contributed by atoms with Crippen LogP contribution >= 0.6 is 29.7 Å². The second-order valence-electron chi connectivity index (χ2n) is 6.03. The van der Waals surface area contributed by atoms with E-state index in [1.165, 1.54) is 32.3 Å². The van der Waals surface area contributed by atoms with Crippen molar-refractivity contribution < 1.29 is 17.0 Å². The molecule has 0 saturated heterocycles. The van der Waals surface area contributed by atoms with Crippen molar-refractivity contribution in [1.29, 1.82) is 0 Å². The van der Waals surface area contributed by atoms with E-state index in [0.717, 1.165) is 6.04 Å². The first-order valence-electron chi connectivity index (χ1n) is 9.18. The van der Waals surface area contributed by atoms with Crippen molar-refractivity contribution in [2.24, 2.45) is 0 Å². The van der Waals surface area contributed by atoms with Gasteiger partial charge in [-0.25, -0.2) is 0 Å². The van der Waals surface area contributed by atoms with Crippen LogP contribution in [0.15, 0.2) is 97.1 Å². The van der Waals surface area contributed by atoms with Gasteiger partial charge in [0.25, 0.3) is 0 Å². The molecule has 0 heterocycles. The van der Waals surface area contributed by atoms with Crippen molar-refractivity contribution in [1.82, 2.24) is 0 Å². The molecule has 0 nitrogen and oxygen atoms in total. The van der Waals surface area contributed by atoms with Crippen LogP contribution in [-0.4, -0.2) is 8.83 Å². The third kappa shape index (κ3) is 7.61. The molecule has 5 aromatic carbocycles. The SMILES string of the molecule is CC[Si]Cl.[Cl][Ti][Cl].c1ccc2[cH-]ccc2c1.c1ccc2c(c1)[cH-]c1ccccc12. The summed E-state index contributed by atoms with van der Waals surface area (Å²) in [5.74, 6) is 0. The molecular weight excluding hydrogens is 471 g/mol. The Hall–Kier alpha value is -1.06. The molecule has 0 aliphatic rings. The summed E-state index contributed by atoms with van der Waals surface area (Å²) >= 11 is 4.66. The van der Waals surface area contributed by atoms with Crippen LogP contribution in [0.25, 0.3) is 32.3 Å². The maximum absolute atomic E-state index is 5.21. The van der Waals surface area contributed by atoms with Gasteiger partial charge in [0.05, 0.1) is 0 Å². The van der Waals surface area contributed by atoms with Crippen LogP contribution in [-0.2, 0) is 17.0 Å². The summed E-state index contributed by atoms with van der Waals surface area (Å²) in [4.78, 5) is 0. The molecule has 148 valence electrons. The number of rotatable bonds is 1. The van der Waals surface area contributed by atoms with Gasteiger partial charge in [-0.15, -0.1) is 69.4 Å². The minimum atomic E-state index is -0.556. The standard InChI is InChI=1S/C13H9.C9H7.C2H5ClSi.2ClH.Ti/c1-3-7-12-10(5-1)9-11-6-2-4-8-13(11)12;1-2-5-9-7-3-6-8(9)4-1;1-2-4-3;;;/h1-9H;1-7H;2H2,1H3;2*1H;/q2*-1;;;;+2/p-2. The average molecular weight is 492 g/mol. The average Bonchev–Trinajstić information content (AvgIpc) is 3.39. The molecule has 0 spiro atoms. The molecule has 0 aliphatic heterocycles. The van der Waals surface area contributed by atoms with Gasteiger partial charge in [-0.05, 0) is 6.04 Å². The predicted octanol–water partition coefficient (Wildman–Crippen LogP) is 8.93. The van der Waals surface area contributed by atoms with E-state index in [9.17, 15) is 0 Å². The molecule has 0 fully saturated rings. The van der Waals surface area contributed by atoms with E-state index < -0.39 is 17.0 Å². The zero-order chi connectivity index (χ0) is 20.9. The van der Waals surface area contributed by atoms with Crippen molar-refractivity contribution in [3.63, 3.8) is 0 Å². The molecule has 0 aromatic heterocycles. The van der Waals surface area contributed by atoms with Gasteiger partial charge in [0, 0.05) is 0 Å². The van der Waals surface area contributed by atoms with Gasteiger partial charge in [-0.1, -0.05) is 49.4 Å². The van der Waals surface area contributed by atoms with Crippen LogP contribution in [0.2, 0.25) is 6.04 Å². The molecule has 5 heteroatoms. The molecule has 0 saturated carbocycles. The Kier molecular flexibility index (Phi) is 11.7. The Morgan fingerprint density at radius 3 is 1.69 bits per heavy atom. The molecule has 0 bridgehead atoms. The monoisotopic (exact) mass is 490 g/mol. The Labute approximate surface area is 196 Å². The molecule has 29 heavy (non-hydrogen) atoms. The molecule has 0 atom stereocenters. The van der Waals surface area contributed by atoms with Crippen LogP contribution in [0.1, 0.15) is 6.92 Å². The van der Waals surface area contributed by atoms with E-state index in [1.807, 2.05) is 0 Å². The summed E-state index contributed by atoms with van der Waals surface area (Å²) in [7, 11) is 10.4. The Balaban J connectivity index is 0.000000163. The predicted molar refractivity (Wildman–Crippen MR) is 130 cm³/mol. The number of hydrogen-bond acceptors (Lipinski definition) is 0. The topological polar surface area (TPSA) is 0 Å². The van der Waals surface area contributed by atoms with E-state index in [-0.39, 0.29) is 0 Å². The Morgan fingerprint density at radius 2 is 1.21 bits per heavy atom. The number of fused-ring (bicyclic) bond motifs is 4. The fraction of sp³-hybridized carbons (Fsp3) is 0.0833. The van der Waals surface area contributed by atoms with Gasteiger partial charge < -0.3 is 0 Å². The molecule has 0 N–H and O–H groups in total. The summed E-state index contributed by atoms with van der Waals surface area (Å²) in [5.41, 5.74) is 0. The summed E-state index contributed by atoms with van der Waals surface area (Å²) < 4.78 is 0. The van der Waals surface area contributed by atoms with Crippen molar-refractivity contribution >= 4 is 70.8 Å². The van der Waals surface area contributed by atoms with E-state index >= 15 is 0 Å². The number of benzene rings is 3. The van der Waals surface area contributed by atoms with Crippen LogP contribution in [0.5, 0.6) is 0 Å². The van der Waals surface area contributed by atoms with Crippen molar-refractivity contribution in [2.75, 3.05) is 0 Å². The molecule has 0 amide bonds. The van der Waals surface area contributed by atoms with Gasteiger partial charge in [-0.2, -0.15) is 28.6 Å². The van der Waals surface area contributed by atoms with Gasteiger partial charge in [-0.3, -0.25) is 0 Å². The van der Waals surface area contributed by atoms with Gasteiger partial charge in [0.1, 0.15) is 0 Å². The quantitative estimate of drug-likeness (QED) is 0.125. The maximum Gasteiger partial charge on any atom is -0.0771 e. The third-order valence-electron chi connectivity index (χ3n) is 4.20. The van der Waals surface area contributed by atoms with Gasteiger partial charge >= 0.3 is 35.6 Å². The van der Waals surface area contributed by atoms with Crippen molar-refractivity contribution in [3.8, 4) is 0 Å². The molecule has 2 radical (unpaired) electrons. The van der Waals surface area contributed by atoms with Crippen LogP contribution in [0, 0.1) is 0 Å². The summed E-state index contributed by atoms with van der Waals surface area (Å²) in [6.07, 6.45) is 0. The summed E-state index contributed by atoms with van der Waals surface area (Å²) in [5, 5.41) is 8.05. The zero-order valence-electron chi connectivity index (χ0n) is 16.1. The van der Waals surface area contributed by atoms with Crippen LogP contribution < -0.4 is 0 Å². The molecule has 5 rings (SSSR count). The first-order valence-corrected chi connectivity index (χ1v) is 15.7. The largest absolute Gasteiger partial charge is 0.168 e. The third-order valence-corrected chi connectivity index (χ3v) is 5.27. The smallest absolute Gasteiger partial charge is 0.0771 e. The molecule has 5 aromatic rings. The van der Waals surface area contributed by atoms with E-state index in [2.05, 4.69) is 104 Å².